The van der Waals surface area contributed by atoms with Gasteiger partial charge < -0.3 is 16.0 Å². The van der Waals surface area contributed by atoms with Crippen LogP contribution in [0, 0.1) is 5.92 Å². The van der Waals surface area contributed by atoms with Gasteiger partial charge in [-0.3, -0.25) is 14.6 Å². The molecule has 3 N–H and O–H groups in total. The third-order valence-corrected chi connectivity index (χ3v) is 4.18. The fourth-order valence-electron chi connectivity index (χ4n) is 2.79. The number of aromatic nitrogens is 2. The van der Waals surface area contributed by atoms with E-state index in [9.17, 15) is 9.59 Å². The summed E-state index contributed by atoms with van der Waals surface area (Å²) < 4.78 is 0. The van der Waals surface area contributed by atoms with Gasteiger partial charge in [0.05, 0.1) is 6.20 Å². The third kappa shape index (κ3) is 3.68. The van der Waals surface area contributed by atoms with Gasteiger partial charge in [-0.25, -0.2) is 4.98 Å². The first-order valence-electron chi connectivity index (χ1n) is 7.85. The number of piperidine rings is 1. The van der Waals surface area contributed by atoms with Crippen LogP contribution in [0.5, 0.6) is 0 Å². The summed E-state index contributed by atoms with van der Waals surface area (Å²) in [5.41, 5.74) is 6.29. The molecule has 0 atom stereocenters. The zero-order chi connectivity index (χ0) is 16.9. The smallest absolute Gasteiger partial charge is 0.248 e. The number of benzene rings is 1. The summed E-state index contributed by atoms with van der Waals surface area (Å²) in [6, 6.07) is 6.59. The van der Waals surface area contributed by atoms with Crippen LogP contribution in [0.3, 0.4) is 0 Å². The van der Waals surface area contributed by atoms with Gasteiger partial charge in [0, 0.05) is 42.7 Å². The molecule has 124 valence electrons. The quantitative estimate of drug-likeness (QED) is 0.885. The van der Waals surface area contributed by atoms with Crippen molar-refractivity contribution in [3.8, 4) is 0 Å². The Morgan fingerprint density at radius 2 is 1.83 bits per heavy atom. The second-order valence-electron chi connectivity index (χ2n) is 5.76. The monoisotopic (exact) mass is 325 g/mol. The normalized spacial score (nSPS) is 15.1. The SMILES string of the molecule is NC(=O)c1ccc(NC(=O)C2CCN(c3cnccn3)CC2)cc1. The molecule has 0 spiro atoms. The minimum atomic E-state index is -0.482. The van der Waals surface area contributed by atoms with Crippen molar-refractivity contribution in [3.63, 3.8) is 0 Å². The molecule has 0 bridgehead atoms. The van der Waals surface area contributed by atoms with Gasteiger partial charge in [-0.15, -0.1) is 0 Å². The van der Waals surface area contributed by atoms with Crippen molar-refractivity contribution in [2.75, 3.05) is 23.3 Å². The van der Waals surface area contributed by atoms with Crippen molar-refractivity contribution in [1.29, 1.82) is 0 Å². The van der Waals surface area contributed by atoms with Crippen LogP contribution in [-0.4, -0.2) is 34.9 Å². The Balaban J connectivity index is 1.54. The van der Waals surface area contributed by atoms with E-state index in [1.807, 2.05) is 0 Å². The Labute approximate surface area is 139 Å². The average Bonchev–Trinajstić information content (AvgIpc) is 2.63. The van der Waals surface area contributed by atoms with Crippen molar-refractivity contribution >= 4 is 23.3 Å². The molecule has 1 aliphatic heterocycles. The molecule has 1 fully saturated rings. The predicted molar refractivity (Wildman–Crippen MR) is 90.6 cm³/mol. The van der Waals surface area contributed by atoms with Crippen LogP contribution in [0.2, 0.25) is 0 Å². The molecule has 1 aromatic heterocycles. The zero-order valence-corrected chi connectivity index (χ0v) is 13.2. The molecular formula is C17H19N5O2. The summed E-state index contributed by atoms with van der Waals surface area (Å²) in [6.45, 7) is 1.55. The van der Waals surface area contributed by atoms with Crippen LogP contribution >= 0.6 is 0 Å². The maximum Gasteiger partial charge on any atom is 0.248 e. The van der Waals surface area contributed by atoms with Crippen LogP contribution in [-0.2, 0) is 4.79 Å². The van der Waals surface area contributed by atoms with Gasteiger partial charge in [-0.2, -0.15) is 0 Å². The third-order valence-electron chi connectivity index (χ3n) is 4.18. The molecule has 0 saturated carbocycles. The van der Waals surface area contributed by atoms with Crippen LogP contribution in [0.25, 0.3) is 0 Å². The number of carbonyl (C=O) groups is 2. The van der Waals surface area contributed by atoms with Crippen molar-refractivity contribution in [2.24, 2.45) is 11.7 Å². The Bertz CT molecular complexity index is 710. The predicted octanol–water partition coefficient (Wildman–Crippen LogP) is 1.43. The molecule has 1 saturated heterocycles. The van der Waals surface area contributed by atoms with E-state index in [1.54, 1.807) is 42.9 Å². The largest absolute Gasteiger partial charge is 0.366 e. The van der Waals surface area contributed by atoms with E-state index in [1.165, 1.54) is 0 Å². The molecule has 2 aromatic rings. The number of nitrogens with zero attached hydrogens (tertiary/aromatic N) is 3. The first-order chi connectivity index (χ1) is 11.6. The number of nitrogens with two attached hydrogens (primary N) is 1. The summed E-state index contributed by atoms with van der Waals surface area (Å²) in [5.74, 6) is 0.331. The summed E-state index contributed by atoms with van der Waals surface area (Å²) >= 11 is 0. The highest BCUT2D eigenvalue weighted by Gasteiger charge is 2.25. The molecule has 1 aliphatic rings. The molecule has 2 amide bonds. The van der Waals surface area contributed by atoms with Crippen LogP contribution in [0.1, 0.15) is 23.2 Å². The molecule has 24 heavy (non-hydrogen) atoms. The summed E-state index contributed by atoms with van der Waals surface area (Å²) in [5, 5.41) is 2.89. The van der Waals surface area contributed by atoms with Crippen LogP contribution in [0.4, 0.5) is 11.5 Å². The minimum absolute atomic E-state index is 0.000575. The molecule has 3 rings (SSSR count). The van der Waals surface area contributed by atoms with Crippen molar-refractivity contribution in [1.82, 2.24) is 9.97 Å². The average molecular weight is 325 g/mol. The Morgan fingerprint density at radius 1 is 1.12 bits per heavy atom. The van der Waals surface area contributed by atoms with Gasteiger partial charge in [0.15, 0.2) is 0 Å². The van der Waals surface area contributed by atoms with Crippen molar-refractivity contribution in [3.05, 3.63) is 48.4 Å². The molecule has 7 nitrogen and oxygen atoms in total. The summed E-state index contributed by atoms with van der Waals surface area (Å²) in [4.78, 5) is 33.9. The van der Waals surface area contributed by atoms with Crippen LogP contribution < -0.4 is 16.0 Å². The molecule has 0 aliphatic carbocycles. The van der Waals surface area contributed by atoms with Gasteiger partial charge in [-0.05, 0) is 37.1 Å². The minimum Gasteiger partial charge on any atom is -0.366 e. The maximum atomic E-state index is 12.4. The first-order valence-corrected chi connectivity index (χ1v) is 7.85. The highest BCUT2D eigenvalue weighted by molar-refractivity contribution is 5.95. The number of nitrogens with one attached hydrogen (secondary N) is 1. The van der Waals surface area contributed by atoms with E-state index >= 15 is 0 Å². The number of anilines is 2. The van der Waals surface area contributed by atoms with Gasteiger partial charge in [0.25, 0.3) is 0 Å². The molecular weight excluding hydrogens is 306 g/mol. The number of amides is 2. The van der Waals surface area contributed by atoms with Crippen LogP contribution in [0.15, 0.2) is 42.9 Å². The Morgan fingerprint density at radius 3 is 2.42 bits per heavy atom. The zero-order valence-electron chi connectivity index (χ0n) is 13.2. The number of rotatable bonds is 4. The van der Waals surface area contributed by atoms with E-state index in [0.29, 0.717) is 11.3 Å². The molecule has 0 radical (unpaired) electrons. The second kappa shape index (κ2) is 7.08. The highest BCUT2D eigenvalue weighted by atomic mass is 16.2. The van der Waals surface area contributed by atoms with Gasteiger partial charge in [0.2, 0.25) is 11.8 Å². The lowest BCUT2D eigenvalue weighted by Crippen LogP contribution is -2.38. The number of primary amides is 1. The van der Waals surface area contributed by atoms with Crippen molar-refractivity contribution in [2.45, 2.75) is 12.8 Å². The Hall–Kier alpha value is -2.96. The fraction of sp³-hybridized carbons (Fsp3) is 0.294. The first kappa shape index (κ1) is 15.9. The standard InChI is InChI=1S/C17H19N5O2/c18-16(23)12-1-3-14(4-2-12)21-17(24)13-5-9-22(10-6-13)15-11-19-7-8-20-15/h1-4,7-8,11,13H,5-6,9-10H2,(H2,18,23)(H,21,24). The van der Waals surface area contributed by atoms with E-state index in [-0.39, 0.29) is 11.8 Å². The summed E-state index contributed by atoms with van der Waals surface area (Å²) in [6.07, 6.45) is 6.58. The van der Waals surface area contributed by atoms with Gasteiger partial charge >= 0.3 is 0 Å². The molecule has 7 heteroatoms. The molecule has 2 heterocycles. The molecule has 1 aromatic carbocycles. The second-order valence-corrected chi connectivity index (χ2v) is 5.76. The van der Waals surface area contributed by atoms with E-state index in [4.69, 9.17) is 5.73 Å². The number of hydrogen-bond acceptors (Lipinski definition) is 5. The maximum absolute atomic E-state index is 12.4. The van der Waals surface area contributed by atoms with E-state index < -0.39 is 5.91 Å². The van der Waals surface area contributed by atoms with Crippen molar-refractivity contribution < 1.29 is 9.59 Å². The van der Waals surface area contributed by atoms with Gasteiger partial charge in [0.1, 0.15) is 5.82 Å². The lowest BCUT2D eigenvalue weighted by Gasteiger charge is -2.31. The van der Waals surface area contributed by atoms with E-state index in [2.05, 4.69) is 20.2 Å². The van der Waals surface area contributed by atoms with Gasteiger partial charge in [-0.1, -0.05) is 0 Å². The number of carbonyl (C=O) groups excluding carboxylic acids is 2. The number of hydrogen-bond donors (Lipinski definition) is 2. The summed E-state index contributed by atoms with van der Waals surface area (Å²) in [7, 11) is 0. The topological polar surface area (TPSA) is 101 Å². The fourth-order valence-corrected chi connectivity index (χ4v) is 2.79. The lowest BCUT2D eigenvalue weighted by molar-refractivity contribution is -0.120. The van der Waals surface area contributed by atoms with E-state index in [0.717, 1.165) is 31.7 Å². The molecule has 0 unspecified atom stereocenters. The lowest BCUT2D eigenvalue weighted by atomic mass is 9.96. The Kier molecular flexibility index (Phi) is 4.69. The highest BCUT2D eigenvalue weighted by Crippen LogP contribution is 2.22.